The van der Waals surface area contributed by atoms with E-state index in [-0.39, 0.29) is 12.6 Å². The van der Waals surface area contributed by atoms with Crippen molar-refractivity contribution >= 4 is 34.8 Å². The summed E-state index contributed by atoms with van der Waals surface area (Å²) in [5.74, 6) is 0.352. The molecule has 0 aliphatic heterocycles. The molecular formula is C14H20Cl3NO. The number of hydrogen-bond acceptors (Lipinski definition) is 2. The molecule has 2 unspecified atom stereocenters. The van der Waals surface area contributed by atoms with Crippen molar-refractivity contribution < 1.29 is 5.11 Å². The molecule has 108 valence electrons. The Morgan fingerprint density at radius 1 is 1.16 bits per heavy atom. The van der Waals surface area contributed by atoms with Crippen LogP contribution in [0.5, 0.6) is 0 Å². The first-order chi connectivity index (χ1) is 8.97. The van der Waals surface area contributed by atoms with Gasteiger partial charge in [-0.3, -0.25) is 0 Å². The van der Waals surface area contributed by atoms with Gasteiger partial charge in [-0.2, -0.15) is 0 Å². The first-order valence-corrected chi connectivity index (χ1v) is 7.58. The van der Waals surface area contributed by atoms with Crippen LogP contribution in [0.3, 0.4) is 0 Å². The molecule has 0 heterocycles. The van der Waals surface area contributed by atoms with Crippen molar-refractivity contribution in [1.82, 2.24) is 5.32 Å². The molecule has 2 N–H and O–H groups in total. The van der Waals surface area contributed by atoms with Crippen molar-refractivity contribution in [3.63, 3.8) is 0 Å². The molecule has 0 aliphatic carbocycles. The lowest BCUT2D eigenvalue weighted by Crippen LogP contribution is -2.21. The highest BCUT2D eigenvalue weighted by Gasteiger charge is 2.13. The Kier molecular flexibility index (Phi) is 7.48. The van der Waals surface area contributed by atoms with Gasteiger partial charge in [0.1, 0.15) is 0 Å². The summed E-state index contributed by atoms with van der Waals surface area (Å²) < 4.78 is 0. The second-order valence-corrected chi connectivity index (χ2v) is 6.03. The SMILES string of the molecule is CC(CO)CCCNC(C)c1ccc(Cl)c(Cl)c1Cl. The topological polar surface area (TPSA) is 32.3 Å². The molecule has 1 aromatic carbocycles. The zero-order valence-electron chi connectivity index (χ0n) is 11.2. The van der Waals surface area contributed by atoms with Crippen LogP contribution in [0.2, 0.25) is 15.1 Å². The maximum Gasteiger partial charge on any atom is 0.0781 e. The van der Waals surface area contributed by atoms with Gasteiger partial charge in [0.2, 0.25) is 0 Å². The molecule has 2 nitrogen and oxygen atoms in total. The number of nitrogens with one attached hydrogen (secondary N) is 1. The summed E-state index contributed by atoms with van der Waals surface area (Å²) >= 11 is 18.1. The number of aliphatic hydroxyl groups is 1. The molecule has 2 atom stereocenters. The number of hydrogen-bond donors (Lipinski definition) is 2. The Morgan fingerprint density at radius 3 is 2.47 bits per heavy atom. The third kappa shape index (κ3) is 5.13. The van der Waals surface area contributed by atoms with Crippen molar-refractivity contribution in [1.29, 1.82) is 0 Å². The van der Waals surface area contributed by atoms with E-state index in [1.54, 1.807) is 6.07 Å². The fourth-order valence-corrected chi connectivity index (χ4v) is 2.55. The highest BCUT2D eigenvalue weighted by Crippen LogP contribution is 2.35. The summed E-state index contributed by atoms with van der Waals surface area (Å²) in [7, 11) is 0. The molecule has 0 spiro atoms. The van der Waals surface area contributed by atoms with E-state index >= 15 is 0 Å². The zero-order valence-corrected chi connectivity index (χ0v) is 13.5. The van der Waals surface area contributed by atoms with E-state index in [2.05, 4.69) is 5.32 Å². The highest BCUT2D eigenvalue weighted by molar-refractivity contribution is 6.48. The van der Waals surface area contributed by atoms with Gasteiger partial charge in [0.25, 0.3) is 0 Å². The van der Waals surface area contributed by atoms with Crippen LogP contribution in [0.4, 0.5) is 0 Å². The van der Waals surface area contributed by atoms with E-state index in [1.807, 2.05) is 19.9 Å². The van der Waals surface area contributed by atoms with Crippen LogP contribution >= 0.6 is 34.8 Å². The maximum absolute atomic E-state index is 8.95. The quantitative estimate of drug-likeness (QED) is 0.562. The lowest BCUT2D eigenvalue weighted by molar-refractivity contribution is 0.227. The number of aliphatic hydroxyl groups excluding tert-OH is 1. The molecule has 19 heavy (non-hydrogen) atoms. The van der Waals surface area contributed by atoms with Gasteiger partial charge >= 0.3 is 0 Å². The molecule has 0 aliphatic rings. The second-order valence-electron chi connectivity index (χ2n) is 4.87. The summed E-state index contributed by atoms with van der Waals surface area (Å²) in [6, 6.07) is 3.77. The third-order valence-corrected chi connectivity index (χ3v) is 4.48. The van der Waals surface area contributed by atoms with E-state index in [1.165, 1.54) is 0 Å². The largest absolute Gasteiger partial charge is 0.396 e. The first kappa shape index (κ1) is 17.1. The molecule has 0 bridgehead atoms. The van der Waals surface area contributed by atoms with Crippen LogP contribution in [-0.2, 0) is 0 Å². The smallest absolute Gasteiger partial charge is 0.0781 e. The number of rotatable bonds is 7. The normalized spacial score (nSPS) is 14.4. The predicted molar refractivity (Wildman–Crippen MR) is 83.4 cm³/mol. The summed E-state index contributed by atoms with van der Waals surface area (Å²) in [6.45, 7) is 5.20. The highest BCUT2D eigenvalue weighted by atomic mass is 35.5. The standard InChI is InChI=1S/C14H20Cl3NO/c1-9(8-19)4-3-7-18-10(2)11-5-6-12(15)14(17)13(11)16/h5-6,9-10,18-19H,3-4,7-8H2,1-2H3. The number of benzene rings is 1. The van der Waals surface area contributed by atoms with E-state index in [0.717, 1.165) is 24.9 Å². The van der Waals surface area contributed by atoms with Gasteiger partial charge in [-0.1, -0.05) is 47.8 Å². The van der Waals surface area contributed by atoms with E-state index in [4.69, 9.17) is 39.9 Å². The molecule has 1 rings (SSSR count). The molecule has 0 aromatic heterocycles. The summed E-state index contributed by atoms with van der Waals surface area (Å²) in [5.41, 5.74) is 0.950. The van der Waals surface area contributed by atoms with E-state index in [0.29, 0.717) is 21.0 Å². The Balaban J connectivity index is 2.50. The fourth-order valence-electron chi connectivity index (χ4n) is 1.85. The molecular weight excluding hydrogens is 305 g/mol. The van der Waals surface area contributed by atoms with Crippen LogP contribution < -0.4 is 5.32 Å². The summed E-state index contributed by atoms with van der Waals surface area (Å²) in [4.78, 5) is 0. The molecule has 0 saturated heterocycles. The maximum atomic E-state index is 8.95. The molecule has 5 heteroatoms. The molecule has 0 amide bonds. The van der Waals surface area contributed by atoms with Gasteiger partial charge in [0, 0.05) is 12.6 Å². The Labute approximate surface area is 130 Å². The van der Waals surface area contributed by atoms with Crippen LogP contribution in [0.1, 0.15) is 38.3 Å². The van der Waals surface area contributed by atoms with Gasteiger partial charge < -0.3 is 10.4 Å². The monoisotopic (exact) mass is 323 g/mol. The predicted octanol–water partition coefficient (Wildman–Crippen LogP) is 4.71. The van der Waals surface area contributed by atoms with Crippen LogP contribution in [-0.4, -0.2) is 18.3 Å². The van der Waals surface area contributed by atoms with Crippen molar-refractivity contribution in [3.05, 3.63) is 32.8 Å². The van der Waals surface area contributed by atoms with Gasteiger partial charge in [-0.15, -0.1) is 0 Å². The summed E-state index contributed by atoms with van der Waals surface area (Å²) in [6.07, 6.45) is 2.02. The Bertz CT molecular complexity index is 412. The van der Waals surface area contributed by atoms with Gasteiger partial charge in [0.15, 0.2) is 0 Å². The van der Waals surface area contributed by atoms with Crippen molar-refractivity contribution in [2.24, 2.45) is 5.92 Å². The Morgan fingerprint density at radius 2 is 1.84 bits per heavy atom. The zero-order chi connectivity index (χ0) is 14.4. The fraction of sp³-hybridized carbons (Fsp3) is 0.571. The summed E-state index contributed by atoms with van der Waals surface area (Å²) in [5, 5.41) is 13.7. The lowest BCUT2D eigenvalue weighted by atomic mass is 10.1. The van der Waals surface area contributed by atoms with Crippen molar-refractivity contribution in [2.45, 2.75) is 32.7 Å². The van der Waals surface area contributed by atoms with Crippen LogP contribution in [0.25, 0.3) is 0 Å². The van der Waals surface area contributed by atoms with Gasteiger partial charge in [0.05, 0.1) is 15.1 Å². The first-order valence-electron chi connectivity index (χ1n) is 6.45. The second kappa shape index (κ2) is 8.33. The van der Waals surface area contributed by atoms with Crippen molar-refractivity contribution in [2.75, 3.05) is 13.2 Å². The molecule has 0 fully saturated rings. The molecule has 1 aromatic rings. The minimum atomic E-state index is 0.117. The van der Waals surface area contributed by atoms with E-state index < -0.39 is 0 Å². The number of halogens is 3. The third-order valence-electron chi connectivity index (χ3n) is 3.17. The van der Waals surface area contributed by atoms with Crippen LogP contribution in [0.15, 0.2) is 12.1 Å². The van der Waals surface area contributed by atoms with Crippen molar-refractivity contribution in [3.8, 4) is 0 Å². The average molecular weight is 325 g/mol. The molecule has 0 radical (unpaired) electrons. The van der Waals surface area contributed by atoms with Crippen LogP contribution in [0, 0.1) is 5.92 Å². The minimum Gasteiger partial charge on any atom is -0.396 e. The molecule has 0 saturated carbocycles. The van der Waals surface area contributed by atoms with Gasteiger partial charge in [-0.05, 0) is 43.9 Å². The minimum absolute atomic E-state index is 0.117. The lowest BCUT2D eigenvalue weighted by Gasteiger charge is -2.17. The van der Waals surface area contributed by atoms with E-state index in [9.17, 15) is 0 Å². The van der Waals surface area contributed by atoms with Gasteiger partial charge in [-0.25, -0.2) is 0 Å². The average Bonchev–Trinajstić information content (AvgIpc) is 2.40. The Hall–Kier alpha value is 0.01000.